The maximum atomic E-state index is 11.6. The van der Waals surface area contributed by atoms with E-state index >= 15 is 0 Å². The predicted molar refractivity (Wildman–Crippen MR) is 33.5 cm³/mol. The highest BCUT2D eigenvalue weighted by atomic mass is 19.4. The molecule has 0 amide bonds. The highest BCUT2D eigenvalue weighted by molar-refractivity contribution is 4.65. The SMILES string of the molecule is CC(C)C(C)NC(F)(F)F. The molecule has 0 bridgehead atoms. The Hall–Kier alpha value is -0.250. The molecule has 0 fully saturated rings. The minimum atomic E-state index is -4.25. The Morgan fingerprint density at radius 1 is 1.10 bits per heavy atom. The zero-order chi connectivity index (χ0) is 8.36. The van der Waals surface area contributed by atoms with Crippen molar-refractivity contribution in [3.63, 3.8) is 0 Å². The first-order valence-corrected chi connectivity index (χ1v) is 3.17. The number of alkyl halides is 3. The average molecular weight is 155 g/mol. The third-order valence-electron chi connectivity index (χ3n) is 1.39. The molecular formula is C6H12F3N. The summed E-state index contributed by atoms with van der Waals surface area (Å²) >= 11 is 0. The molecule has 0 spiro atoms. The quantitative estimate of drug-likeness (QED) is 0.602. The summed E-state index contributed by atoms with van der Waals surface area (Å²) in [5, 5.41) is 1.52. The van der Waals surface area contributed by atoms with E-state index in [0.717, 1.165) is 0 Å². The first-order valence-electron chi connectivity index (χ1n) is 3.17. The largest absolute Gasteiger partial charge is 0.457 e. The van der Waals surface area contributed by atoms with Crippen LogP contribution in [0.3, 0.4) is 0 Å². The average Bonchev–Trinajstić information content (AvgIpc) is 1.60. The van der Waals surface area contributed by atoms with Crippen molar-refractivity contribution in [2.45, 2.75) is 33.1 Å². The summed E-state index contributed by atoms with van der Waals surface area (Å²) < 4.78 is 34.7. The predicted octanol–water partition coefficient (Wildman–Crippen LogP) is 2.14. The van der Waals surface area contributed by atoms with Crippen molar-refractivity contribution in [3.05, 3.63) is 0 Å². The van der Waals surface area contributed by atoms with Crippen molar-refractivity contribution in [3.8, 4) is 0 Å². The van der Waals surface area contributed by atoms with Crippen molar-refractivity contribution in [2.75, 3.05) is 0 Å². The van der Waals surface area contributed by atoms with Crippen molar-refractivity contribution < 1.29 is 13.2 Å². The summed E-state index contributed by atoms with van der Waals surface area (Å²) in [6.07, 6.45) is -4.25. The van der Waals surface area contributed by atoms with Crippen molar-refractivity contribution in [2.24, 2.45) is 5.92 Å². The minimum absolute atomic E-state index is 0.00150. The van der Waals surface area contributed by atoms with Gasteiger partial charge in [-0.3, -0.25) is 0 Å². The molecule has 1 nitrogen and oxygen atoms in total. The summed E-state index contributed by atoms with van der Waals surface area (Å²) in [4.78, 5) is 0. The molecule has 0 radical (unpaired) electrons. The Bertz CT molecular complexity index is 97.7. The zero-order valence-corrected chi connectivity index (χ0v) is 6.29. The number of halogens is 3. The number of nitrogens with one attached hydrogen (secondary N) is 1. The van der Waals surface area contributed by atoms with E-state index in [1.165, 1.54) is 12.2 Å². The summed E-state index contributed by atoms with van der Waals surface area (Å²) in [5.41, 5.74) is 0. The lowest BCUT2D eigenvalue weighted by Gasteiger charge is -2.18. The molecule has 1 N–H and O–H groups in total. The molecule has 0 aliphatic rings. The van der Waals surface area contributed by atoms with Gasteiger partial charge in [0.1, 0.15) is 0 Å². The van der Waals surface area contributed by atoms with Gasteiger partial charge in [-0.25, -0.2) is 5.32 Å². The standard InChI is InChI=1S/C6H12F3N/c1-4(2)5(3)10-6(7,8)9/h4-5,10H,1-3H3. The van der Waals surface area contributed by atoms with Crippen LogP contribution >= 0.6 is 0 Å². The second kappa shape index (κ2) is 3.23. The van der Waals surface area contributed by atoms with Crippen LogP contribution < -0.4 is 5.32 Å². The van der Waals surface area contributed by atoms with Crippen LogP contribution in [0.15, 0.2) is 0 Å². The van der Waals surface area contributed by atoms with Gasteiger partial charge in [0.15, 0.2) is 0 Å². The molecule has 0 aliphatic heterocycles. The molecule has 10 heavy (non-hydrogen) atoms. The van der Waals surface area contributed by atoms with Gasteiger partial charge in [0.2, 0.25) is 0 Å². The van der Waals surface area contributed by atoms with Gasteiger partial charge in [-0.1, -0.05) is 13.8 Å². The number of rotatable bonds is 2. The summed E-state index contributed by atoms with van der Waals surface area (Å²) in [6, 6.07) is -0.514. The van der Waals surface area contributed by atoms with Crippen LogP contribution in [0.4, 0.5) is 13.2 Å². The fourth-order valence-electron chi connectivity index (χ4n) is 0.425. The third kappa shape index (κ3) is 4.61. The summed E-state index contributed by atoms with van der Waals surface area (Å²) in [6.45, 7) is 4.99. The fourth-order valence-corrected chi connectivity index (χ4v) is 0.425. The first kappa shape index (κ1) is 9.75. The first-order chi connectivity index (χ1) is 4.33. The van der Waals surface area contributed by atoms with E-state index in [9.17, 15) is 13.2 Å². The summed E-state index contributed by atoms with van der Waals surface area (Å²) in [7, 11) is 0. The van der Waals surface area contributed by atoms with Crippen molar-refractivity contribution in [1.29, 1.82) is 0 Å². The van der Waals surface area contributed by atoms with Crippen LogP contribution in [0.2, 0.25) is 0 Å². The maximum absolute atomic E-state index is 11.6. The Kier molecular flexibility index (Phi) is 3.15. The van der Waals surface area contributed by atoms with Crippen molar-refractivity contribution >= 4 is 0 Å². The van der Waals surface area contributed by atoms with E-state index in [1.54, 1.807) is 13.8 Å². The van der Waals surface area contributed by atoms with E-state index in [4.69, 9.17) is 0 Å². The molecule has 1 atom stereocenters. The molecule has 1 unspecified atom stereocenters. The minimum Gasteiger partial charge on any atom is -0.225 e. The lowest BCUT2D eigenvalue weighted by Crippen LogP contribution is -2.41. The van der Waals surface area contributed by atoms with Crippen LogP contribution in [0.5, 0.6) is 0 Å². The van der Waals surface area contributed by atoms with Crippen molar-refractivity contribution in [1.82, 2.24) is 5.32 Å². The molecule has 0 aromatic heterocycles. The maximum Gasteiger partial charge on any atom is 0.457 e. The molecule has 0 saturated heterocycles. The second-order valence-corrected chi connectivity index (χ2v) is 2.67. The smallest absolute Gasteiger partial charge is 0.225 e. The molecule has 62 valence electrons. The Morgan fingerprint density at radius 2 is 1.50 bits per heavy atom. The molecular weight excluding hydrogens is 143 g/mol. The van der Waals surface area contributed by atoms with Gasteiger partial charge in [0.05, 0.1) is 0 Å². The van der Waals surface area contributed by atoms with Gasteiger partial charge in [-0.2, -0.15) is 13.2 Å². The van der Waals surface area contributed by atoms with Gasteiger partial charge in [-0.05, 0) is 12.8 Å². The Morgan fingerprint density at radius 3 is 1.60 bits per heavy atom. The molecule has 0 aliphatic carbocycles. The van der Waals surface area contributed by atoms with Gasteiger partial charge >= 0.3 is 6.30 Å². The van der Waals surface area contributed by atoms with E-state index < -0.39 is 12.3 Å². The van der Waals surface area contributed by atoms with E-state index in [2.05, 4.69) is 0 Å². The number of hydrogen-bond acceptors (Lipinski definition) is 1. The molecule has 0 aromatic carbocycles. The molecule has 0 aromatic rings. The third-order valence-corrected chi connectivity index (χ3v) is 1.39. The van der Waals surface area contributed by atoms with E-state index in [1.807, 2.05) is 0 Å². The van der Waals surface area contributed by atoms with Gasteiger partial charge in [-0.15, -0.1) is 0 Å². The molecule has 0 heterocycles. The van der Waals surface area contributed by atoms with Gasteiger partial charge in [0, 0.05) is 6.04 Å². The van der Waals surface area contributed by atoms with Gasteiger partial charge < -0.3 is 0 Å². The van der Waals surface area contributed by atoms with Crippen LogP contribution in [0.1, 0.15) is 20.8 Å². The second-order valence-electron chi connectivity index (χ2n) is 2.67. The van der Waals surface area contributed by atoms with Crippen LogP contribution in [0.25, 0.3) is 0 Å². The lowest BCUT2D eigenvalue weighted by atomic mass is 10.1. The lowest BCUT2D eigenvalue weighted by molar-refractivity contribution is -0.165. The molecule has 0 saturated carbocycles. The Labute approximate surface area is 58.6 Å². The highest BCUT2D eigenvalue weighted by Gasteiger charge is 2.29. The van der Waals surface area contributed by atoms with Crippen LogP contribution in [-0.2, 0) is 0 Å². The van der Waals surface area contributed by atoms with Crippen LogP contribution in [0, 0.1) is 5.92 Å². The Balaban J connectivity index is 3.68. The van der Waals surface area contributed by atoms with Crippen LogP contribution in [-0.4, -0.2) is 12.3 Å². The topological polar surface area (TPSA) is 12.0 Å². The number of hydrogen-bond donors (Lipinski definition) is 1. The molecule has 0 rings (SSSR count). The van der Waals surface area contributed by atoms with E-state index in [-0.39, 0.29) is 5.92 Å². The van der Waals surface area contributed by atoms with Gasteiger partial charge in [0.25, 0.3) is 0 Å². The highest BCUT2D eigenvalue weighted by Crippen LogP contribution is 2.13. The normalized spacial score (nSPS) is 15.9. The van der Waals surface area contributed by atoms with E-state index in [0.29, 0.717) is 0 Å². The fraction of sp³-hybridized carbons (Fsp3) is 1.00. The summed E-state index contributed by atoms with van der Waals surface area (Å²) in [5.74, 6) is 0.00150. The zero-order valence-electron chi connectivity index (χ0n) is 6.29. The monoisotopic (exact) mass is 155 g/mol. The molecule has 4 heteroatoms.